The molecule has 17 heavy (non-hydrogen) atoms. The van der Waals surface area contributed by atoms with E-state index in [4.69, 9.17) is 9.84 Å². The molecule has 5 heteroatoms. The number of nitrogens with zero attached hydrogens (tertiary/aromatic N) is 2. The smallest absolute Gasteiger partial charge is 0.243 e. The largest absolute Gasteiger partial charge is 0.497 e. The van der Waals surface area contributed by atoms with Gasteiger partial charge in [0.15, 0.2) is 0 Å². The Morgan fingerprint density at radius 2 is 2.06 bits per heavy atom. The number of anilines is 1. The molecule has 0 bridgehead atoms. The predicted molar refractivity (Wildman–Crippen MR) is 63.8 cm³/mol. The molecule has 0 aliphatic carbocycles. The minimum atomic E-state index is -0.0294. The summed E-state index contributed by atoms with van der Waals surface area (Å²) < 4.78 is 5.09. The molecule has 1 aromatic rings. The summed E-state index contributed by atoms with van der Waals surface area (Å²) >= 11 is 0. The van der Waals surface area contributed by atoms with Crippen molar-refractivity contribution >= 4 is 11.6 Å². The minimum absolute atomic E-state index is 0.0294. The first-order valence-electron chi connectivity index (χ1n) is 5.59. The number of hydrogen-bond acceptors (Lipinski definition) is 4. The number of aliphatic hydroxyl groups is 1. The molecule has 1 aromatic carbocycles. The van der Waals surface area contributed by atoms with Crippen LogP contribution in [-0.4, -0.2) is 42.8 Å². The summed E-state index contributed by atoms with van der Waals surface area (Å²) in [5.74, 6) is 0.836. The first-order chi connectivity index (χ1) is 8.26. The van der Waals surface area contributed by atoms with E-state index in [-0.39, 0.29) is 12.5 Å². The third-order valence-electron chi connectivity index (χ3n) is 2.80. The molecular weight excluding hydrogens is 220 g/mol. The van der Waals surface area contributed by atoms with Crippen LogP contribution < -0.4 is 9.75 Å². The van der Waals surface area contributed by atoms with E-state index in [1.165, 1.54) is 0 Å². The maximum Gasteiger partial charge on any atom is 0.243 e. The number of hydrazine groups is 1. The van der Waals surface area contributed by atoms with Crippen LogP contribution >= 0.6 is 0 Å². The lowest BCUT2D eigenvalue weighted by Gasteiger charge is -2.29. The summed E-state index contributed by atoms with van der Waals surface area (Å²) in [7, 11) is 1.62. The Bertz CT molecular complexity index is 391. The van der Waals surface area contributed by atoms with Crippen LogP contribution in [0.15, 0.2) is 24.3 Å². The summed E-state index contributed by atoms with van der Waals surface area (Å²) in [6.45, 7) is 0.967. The van der Waals surface area contributed by atoms with Gasteiger partial charge >= 0.3 is 0 Å². The van der Waals surface area contributed by atoms with E-state index in [0.717, 1.165) is 11.4 Å². The molecule has 1 fully saturated rings. The Kier molecular flexibility index (Phi) is 3.49. The molecule has 5 nitrogen and oxygen atoms in total. The molecule has 0 saturated carbocycles. The van der Waals surface area contributed by atoms with Gasteiger partial charge in [0.05, 0.1) is 25.9 Å². The van der Waals surface area contributed by atoms with Crippen molar-refractivity contribution < 1.29 is 14.6 Å². The fourth-order valence-electron chi connectivity index (χ4n) is 1.95. The Hall–Kier alpha value is -1.75. The number of aliphatic hydroxyl groups excluding tert-OH is 1. The van der Waals surface area contributed by atoms with Gasteiger partial charge in [-0.2, -0.15) is 0 Å². The third kappa shape index (κ3) is 2.34. The van der Waals surface area contributed by atoms with Crippen molar-refractivity contribution in [3.63, 3.8) is 0 Å². The first-order valence-corrected chi connectivity index (χ1v) is 5.59. The topological polar surface area (TPSA) is 53.0 Å². The lowest BCUT2D eigenvalue weighted by molar-refractivity contribution is -0.128. The maximum absolute atomic E-state index is 11.6. The third-order valence-corrected chi connectivity index (χ3v) is 2.80. The van der Waals surface area contributed by atoms with E-state index < -0.39 is 0 Å². The van der Waals surface area contributed by atoms with Gasteiger partial charge < -0.3 is 9.84 Å². The summed E-state index contributed by atoms with van der Waals surface area (Å²) in [5, 5.41) is 12.4. The highest BCUT2D eigenvalue weighted by atomic mass is 16.5. The number of amides is 1. The Morgan fingerprint density at radius 3 is 2.65 bits per heavy atom. The van der Waals surface area contributed by atoms with Crippen molar-refractivity contribution in [2.45, 2.75) is 6.42 Å². The highest BCUT2D eigenvalue weighted by molar-refractivity contribution is 5.81. The number of carbonyl (C=O) groups excluding carboxylic acids is 1. The molecule has 92 valence electrons. The maximum atomic E-state index is 11.6. The van der Waals surface area contributed by atoms with Crippen molar-refractivity contribution in [3.8, 4) is 5.75 Å². The molecule has 0 unspecified atom stereocenters. The average Bonchev–Trinajstić information content (AvgIpc) is 2.72. The SMILES string of the molecule is COc1ccc(N2CCC(=O)N2CCO)cc1. The standard InChI is InChI=1S/C12H16N2O3/c1-17-11-4-2-10(3-5-11)13-7-6-12(16)14(13)8-9-15/h2-5,15H,6-9H2,1H3. The second kappa shape index (κ2) is 5.05. The lowest BCUT2D eigenvalue weighted by atomic mass is 10.3. The number of methoxy groups -OCH3 is 1. The predicted octanol–water partition coefficient (Wildman–Crippen LogP) is 0.641. The summed E-state index contributed by atoms with van der Waals surface area (Å²) in [6, 6.07) is 7.52. The van der Waals surface area contributed by atoms with Gasteiger partial charge in [0.25, 0.3) is 0 Å². The van der Waals surface area contributed by atoms with Crippen LogP contribution in [0.5, 0.6) is 5.75 Å². The van der Waals surface area contributed by atoms with E-state index in [0.29, 0.717) is 19.5 Å². The molecule has 1 amide bonds. The summed E-state index contributed by atoms with van der Waals surface area (Å²) in [4.78, 5) is 11.6. The van der Waals surface area contributed by atoms with Crippen molar-refractivity contribution in [2.75, 3.05) is 31.8 Å². The van der Waals surface area contributed by atoms with Crippen molar-refractivity contribution in [3.05, 3.63) is 24.3 Å². The van der Waals surface area contributed by atoms with E-state index in [9.17, 15) is 4.79 Å². The summed E-state index contributed by atoms with van der Waals surface area (Å²) in [5.41, 5.74) is 0.935. The van der Waals surface area contributed by atoms with Crippen LogP contribution in [0.1, 0.15) is 6.42 Å². The van der Waals surface area contributed by atoms with Crippen LogP contribution in [0.25, 0.3) is 0 Å². The van der Waals surface area contributed by atoms with Crippen LogP contribution in [0.4, 0.5) is 5.69 Å². The number of ether oxygens (including phenoxy) is 1. The Balaban J connectivity index is 2.17. The van der Waals surface area contributed by atoms with Gasteiger partial charge in [-0.15, -0.1) is 0 Å². The second-order valence-electron chi connectivity index (χ2n) is 3.81. The molecule has 0 radical (unpaired) electrons. The van der Waals surface area contributed by atoms with Gasteiger partial charge in [-0.1, -0.05) is 0 Å². The van der Waals surface area contributed by atoms with Crippen LogP contribution in [0.2, 0.25) is 0 Å². The highest BCUT2D eigenvalue weighted by Gasteiger charge is 2.28. The van der Waals surface area contributed by atoms with Gasteiger partial charge in [-0.25, -0.2) is 0 Å². The van der Waals surface area contributed by atoms with E-state index in [1.54, 1.807) is 12.1 Å². The molecular formula is C12H16N2O3. The molecule has 0 aromatic heterocycles. The van der Waals surface area contributed by atoms with Crippen LogP contribution in [0, 0.1) is 0 Å². The monoisotopic (exact) mass is 236 g/mol. The minimum Gasteiger partial charge on any atom is -0.497 e. The Labute approximate surface area is 100 Å². The van der Waals surface area contributed by atoms with Gasteiger partial charge in [-0.05, 0) is 24.3 Å². The van der Waals surface area contributed by atoms with Gasteiger partial charge in [0, 0.05) is 13.0 Å². The normalized spacial score (nSPS) is 15.5. The fraction of sp³-hybridized carbons (Fsp3) is 0.417. The fourth-order valence-corrected chi connectivity index (χ4v) is 1.95. The number of benzene rings is 1. The van der Waals surface area contributed by atoms with Gasteiger partial charge in [-0.3, -0.25) is 14.8 Å². The molecule has 2 rings (SSSR count). The zero-order chi connectivity index (χ0) is 12.3. The number of rotatable bonds is 4. The first kappa shape index (κ1) is 11.7. The zero-order valence-electron chi connectivity index (χ0n) is 9.80. The Morgan fingerprint density at radius 1 is 1.35 bits per heavy atom. The molecule has 0 spiro atoms. The lowest BCUT2D eigenvalue weighted by Crippen LogP contribution is -2.40. The van der Waals surface area contributed by atoms with E-state index >= 15 is 0 Å². The molecule has 1 saturated heterocycles. The number of β-amino-alcohol motifs (C(OH)–C–C–N with tert-alkyl or cyclic N) is 1. The zero-order valence-corrected chi connectivity index (χ0v) is 9.80. The van der Waals surface area contributed by atoms with Crippen LogP contribution in [0.3, 0.4) is 0 Å². The van der Waals surface area contributed by atoms with E-state index in [1.807, 2.05) is 29.3 Å². The quantitative estimate of drug-likeness (QED) is 0.833. The highest BCUT2D eigenvalue weighted by Crippen LogP contribution is 2.24. The molecule has 0 atom stereocenters. The molecule has 1 aliphatic rings. The number of carbonyl (C=O) groups is 1. The molecule has 1 heterocycles. The van der Waals surface area contributed by atoms with Crippen molar-refractivity contribution in [1.29, 1.82) is 0 Å². The summed E-state index contributed by atoms with van der Waals surface area (Å²) in [6.07, 6.45) is 0.492. The van der Waals surface area contributed by atoms with Gasteiger partial charge in [0.2, 0.25) is 5.91 Å². The second-order valence-corrected chi connectivity index (χ2v) is 3.81. The molecule has 1 N–H and O–H groups in total. The van der Waals surface area contributed by atoms with Crippen molar-refractivity contribution in [1.82, 2.24) is 5.01 Å². The number of hydrogen-bond donors (Lipinski definition) is 1. The molecule has 1 aliphatic heterocycles. The van der Waals surface area contributed by atoms with Gasteiger partial charge in [0.1, 0.15) is 5.75 Å². The van der Waals surface area contributed by atoms with Crippen molar-refractivity contribution in [2.24, 2.45) is 0 Å². The average molecular weight is 236 g/mol. The van der Waals surface area contributed by atoms with E-state index in [2.05, 4.69) is 0 Å². The van der Waals surface area contributed by atoms with Crippen LogP contribution in [-0.2, 0) is 4.79 Å².